The van der Waals surface area contributed by atoms with Crippen molar-refractivity contribution in [3.8, 4) is 22.8 Å². The lowest BCUT2D eigenvalue weighted by atomic mass is 9.78. The van der Waals surface area contributed by atoms with E-state index in [-0.39, 0.29) is 28.1 Å². The highest BCUT2D eigenvalue weighted by Gasteiger charge is 2.34. The standard InChI is InChI=1S/C26H33ClN2O4/c1-17(28-31)20-16-29-21(15-22(20)30)19-14-23(32-5)24(33-11-9-7-6-8-10-27)12-18(19)13-25(29)26(2,3)4/h12,14-16,25H,1,6-11,13H2,2-5H3. The van der Waals surface area contributed by atoms with Crippen LogP contribution in [0.15, 0.2) is 40.9 Å². The molecule has 2 aromatic rings. The maximum absolute atomic E-state index is 12.8. The van der Waals surface area contributed by atoms with Crippen LogP contribution in [-0.4, -0.2) is 24.2 Å². The molecule has 0 bridgehead atoms. The third-order valence-corrected chi connectivity index (χ3v) is 6.47. The number of aromatic nitrogens is 1. The number of nitrogens with zero attached hydrogens (tertiary/aromatic N) is 2. The van der Waals surface area contributed by atoms with E-state index in [4.69, 9.17) is 21.1 Å². The summed E-state index contributed by atoms with van der Waals surface area (Å²) < 4.78 is 13.8. The zero-order valence-electron chi connectivity index (χ0n) is 19.9. The first kappa shape index (κ1) is 25.0. The number of unbranched alkanes of at least 4 members (excludes halogenated alkanes) is 3. The summed E-state index contributed by atoms with van der Waals surface area (Å²) in [5.74, 6) is 2.04. The van der Waals surface area contributed by atoms with Crippen molar-refractivity contribution in [2.24, 2.45) is 10.6 Å². The second-order valence-electron chi connectivity index (χ2n) is 9.58. The quantitative estimate of drug-likeness (QED) is 0.222. The van der Waals surface area contributed by atoms with Crippen molar-refractivity contribution < 1.29 is 9.47 Å². The first-order valence-electron chi connectivity index (χ1n) is 11.4. The molecule has 0 saturated heterocycles. The van der Waals surface area contributed by atoms with Crippen molar-refractivity contribution in [2.75, 3.05) is 19.6 Å². The van der Waals surface area contributed by atoms with E-state index in [1.165, 1.54) is 0 Å². The molecule has 0 radical (unpaired) electrons. The number of alkyl halides is 1. The van der Waals surface area contributed by atoms with Crippen molar-refractivity contribution >= 4 is 17.3 Å². The van der Waals surface area contributed by atoms with Crippen molar-refractivity contribution in [2.45, 2.75) is 58.9 Å². The molecule has 0 amide bonds. The summed E-state index contributed by atoms with van der Waals surface area (Å²) in [6, 6.07) is 5.61. The van der Waals surface area contributed by atoms with Crippen LogP contribution >= 0.6 is 11.6 Å². The summed E-state index contributed by atoms with van der Waals surface area (Å²) in [6.07, 6.45) is 6.63. The Balaban J connectivity index is 2.02. The molecule has 6 nitrogen and oxygen atoms in total. The van der Waals surface area contributed by atoms with E-state index < -0.39 is 0 Å². The molecule has 1 aromatic carbocycles. The Morgan fingerprint density at radius 2 is 1.91 bits per heavy atom. The highest BCUT2D eigenvalue weighted by Crippen LogP contribution is 2.45. The van der Waals surface area contributed by atoms with Crippen LogP contribution in [0.1, 0.15) is 63.6 Å². The van der Waals surface area contributed by atoms with Gasteiger partial charge in [-0.25, -0.2) is 0 Å². The summed E-state index contributed by atoms with van der Waals surface area (Å²) in [5.41, 5.74) is 2.62. The molecular weight excluding hydrogens is 440 g/mol. The van der Waals surface area contributed by atoms with E-state index in [0.717, 1.165) is 48.9 Å². The average Bonchev–Trinajstić information content (AvgIpc) is 2.78. The van der Waals surface area contributed by atoms with Gasteiger partial charge in [0, 0.05) is 29.7 Å². The summed E-state index contributed by atoms with van der Waals surface area (Å²) in [7, 11) is 1.62. The third-order valence-electron chi connectivity index (χ3n) is 6.20. The van der Waals surface area contributed by atoms with Gasteiger partial charge in [0.25, 0.3) is 0 Å². The van der Waals surface area contributed by atoms with E-state index in [9.17, 15) is 9.70 Å². The van der Waals surface area contributed by atoms with E-state index in [1.807, 2.05) is 12.1 Å². The van der Waals surface area contributed by atoms with Gasteiger partial charge >= 0.3 is 0 Å². The molecule has 0 saturated carbocycles. The number of fused-ring (bicyclic) bond motifs is 3. The Morgan fingerprint density at radius 3 is 2.55 bits per heavy atom. The van der Waals surface area contributed by atoms with Crippen LogP contribution in [0.5, 0.6) is 11.5 Å². The molecule has 178 valence electrons. The number of methoxy groups -OCH3 is 1. The molecule has 7 heteroatoms. The third kappa shape index (κ3) is 5.49. The van der Waals surface area contributed by atoms with Crippen molar-refractivity contribution in [3.63, 3.8) is 0 Å². The van der Waals surface area contributed by atoms with Gasteiger partial charge in [-0.2, -0.15) is 0 Å². The maximum atomic E-state index is 12.8. The summed E-state index contributed by atoms with van der Waals surface area (Å²) in [6.45, 7) is 10.7. The fraction of sp³-hybridized carbons (Fsp3) is 0.500. The minimum absolute atomic E-state index is 0.0545. The van der Waals surface area contributed by atoms with Gasteiger partial charge in [0.2, 0.25) is 0 Å². The molecule has 0 N–H and O–H groups in total. The number of ether oxygens (including phenoxy) is 2. The minimum atomic E-state index is -0.275. The molecule has 1 aliphatic heterocycles. The normalized spacial score (nSPS) is 14.9. The molecule has 0 fully saturated rings. The molecule has 2 heterocycles. The minimum Gasteiger partial charge on any atom is -0.493 e. The number of nitroso groups, excluding NO2 is 1. The molecule has 3 rings (SSSR count). The second kappa shape index (κ2) is 10.6. The number of halogens is 1. The van der Waals surface area contributed by atoms with Crippen molar-refractivity contribution in [1.82, 2.24) is 4.57 Å². The number of hydrogen-bond donors (Lipinski definition) is 0. The van der Waals surface area contributed by atoms with Gasteiger partial charge < -0.3 is 14.0 Å². The van der Waals surface area contributed by atoms with Gasteiger partial charge in [0.05, 0.1) is 25.0 Å². The number of benzene rings is 1. The van der Waals surface area contributed by atoms with E-state index in [2.05, 4.69) is 37.1 Å². The monoisotopic (exact) mass is 472 g/mol. The summed E-state index contributed by atoms with van der Waals surface area (Å²) in [5, 5.41) is 2.89. The van der Waals surface area contributed by atoms with Gasteiger partial charge in [-0.15, -0.1) is 16.5 Å². The number of rotatable bonds is 10. The average molecular weight is 473 g/mol. The van der Waals surface area contributed by atoms with Gasteiger partial charge in [0.1, 0.15) is 5.70 Å². The molecular formula is C26H33ClN2O4. The van der Waals surface area contributed by atoms with Crippen LogP contribution in [0.4, 0.5) is 0 Å². The molecule has 33 heavy (non-hydrogen) atoms. The molecule has 1 aliphatic rings. The van der Waals surface area contributed by atoms with E-state index in [0.29, 0.717) is 24.0 Å². The van der Waals surface area contributed by atoms with Crippen LogP contribution in [0.25, 0.3) is 17.0 Å². The van der Waals surface area contributed by atoms with Gasteiger partial charge in [0.15, 0.2) is 16.9 Å². The molecule has 1 aromatic heterocycles. The molecule has 1 atom stereocenters. The Morgan fingerprint density at radius 1 is 1.18 bits per heavy atom. The van der Waals surface area contributed by atoms with Crippen LogP contribution < -0.4 is 14.9 Å². The zero-order chi connectivity index (χ0) is 24.2. The summed E-state index contributed by atoms with van der Waals surface area (Å²) in [4.78, 5) is 23.8. The first-order valence-corrected chi connectivity index (χ1v) is 11.9. The smallest absolute Gasteiger partial charge is 0.191 e. The predicted octanol–water partition coefficient (Wildman–Crippen LogP) is 6.58. The van der Waals surface area contributed by atoms with Crippen LogP contribution in [0.2, 0.25) is 0 Å². The molecule has 0 aliphatic carbocycles. The zero-order valence-corrected chi connectivity index (χ0v) is 20.7. The predicted molar refractivity (Wildman–Crippen MR) is 134 cm³/mol. The van der Waals surface area contributed by atoms with Crippen LogP contribution in [-0.2, 0) is 6.42 Å². The van der Waals surface area contributed by atoms with Crippen LogP contribution in [0.3, 0.4) is 0 Å². The van der Waals surface area contributed by atoms with Gasteiger partial charge in [-0.3, -0.25) is 4.79 Å². The van der Waals surface area contributed by atoms with Crippen molar-refractivity contribution in [3.05, 3.63) is 57.2 Å². The lowest BCUT2D eigenvalue weighted by Gasteiger charge is -2.39. The lowest BCUT2D eigenvalue weighted by Crippen LogP contribution is -2.32. The van der Waals surface area contributed by atoms with Gasteiger partial charge in [-0.05, 0) is 47.6 Å². The van der Waals surface area contributed by atoms with E-state index in [1.54, 1.807) is 19.4 Å². The molecule has 1 unspecified atom stereocenters. The Hall–Kier alpha value is -2.60. The molecule has 0 spiro atoms. The van der Waals surface area contributed by atoms with Gasteiger partial charge in [-0.1, -0.05) is 40.2 Å². The Labute approximate surface area is 200 Å². The maximum Gasteiger partial charge on any atom is 0.191 e. The Kier molecular flexibility index (Phi) is 8.01. The SMILES string of the molecule is C=C(N=O)c1cn2c(cc1=O)-c1cc(OC)c(OCCCCCCCl)cc1CC2C(C)(C)C. The highest BCUT2D eigenvalue weighted by molar-refractivity contribution is 6.17. The summed E-state index contributed by atoms with van der Waals surface area (Å²) >= 11 is 5.75. The number of pyridine rings is 1. The lowest BCUT2D eigenvalue weighted by molar-refractivity contribution is 0.236. The largest absolute Gasteiger partial charge is 0.493 e. The first-order chi connectivity index (χ1) is 15.7. The van der Waals surface area contributed by atoms with Crippen molar-refractivity contribution in [1.29, 1.82) is 0 Å². The Bertz CT molecular complexity index is 1080. The fourth-order valence-corrected chi connectivity index (χ4v) is 4.52. The number of hydrogen-bond acceptors (Lipinski definition) is 5. The highest BCUT2D eigenvalue weighted by atomic mass is 35.5. The van der Waals surface area contributed by atoms with E-state index >= 15 is 0 Å². The second-order valence-corrected chi connectivity index (χ2v) is 9.96. The fourth-order valence-electron chi connectivity index (χ4n) is 4.33. The van der Waals surface area contributed by atoms with Crippen LogP contribution in [0, 0.1) is 10.3 Å². The topological polar surface area (TPSA) is 69.9 Å².